The number of hydrogen-bond donors (Lipinski definition) is 1. The number of nitrogens with zero attached hydrogens (tertiary/aromatic N) is 1. The zero-order chi connectivity index (χ0) is 19.3. The summed E-state index contributed by atoms with van der Waals surface area (Å²) in [5.74, 6) is 0.113. The number of carbonyl (C=O) groups excluding carboxylic acids is 1. The van der Waals surface area contributed by atoms with E-state index in [2.05, 4.69) is 21.2 Å². The van der Waals surface area contributed by atoms with Crippen molar-refractivity contribution in [1.29, 1.82) is 0 Å². The quantitative estimate of drug-likeness (QED) is 0.713. The van der Waals surface area contributed by atoms with Crippen LogP contribution in [0.3, 0.4) is 0 Å². The summed E-state index contributed by atoms with van der Waals surface area (Å²) >= 11 is 3.40. The molecule has 0 unspecified atom stereocenters. The van der Waals surface area contributed by atoms with Gasteiger partial charge in [0.1, 0.15) is 12.3 Å². The minimum absolute atomic E-state index is 0.330. The molecule has 0 aliphatic rings. The molecule has 2 aromatic rings. The van der Waals surface area contributed by atoms with E-state index >= 15 is 0 Å². The van der Waals surface area contributed by atoms with Gasteiger partial charge in [0.2, 0.25) is 15.9 Å². The molecular formula is C18H21BrN2O4S. The van der Waals surface area contributed by atoms with Gasteiger partial charge in [-0.25, -0.2) is 8.42 Å². The first-order valence-electron chi connectivity index (χ1n) is 7.97. The zero-order valence-corrected chi connectivity index (χ0v) is 17.2. The Morgan fingerprint density at radius 2 is 1.96 bits per heavy atom. The smallest absolute Gasteiger partial charge is 0.245 e. The van der Waals surface area contributed by atoms with Crippen molar-refractivity contribution in [2.24, 2.45) is 0 Å². The summed E-state index contributed by atoms with van der Waals surface area (Å²) in [6, 6.07) is 12.0. The lowest BCUT2D eigenvalue weighted by Crippen LogP contribution is -2.37. The van der Waals surface area contributed by atoms with E-state index in [9.17, 15) is 13.2 Å². The van der Waals surface area contributed by atoms with Gasteiger partial charge >= 0.3 is 0 Å². The molecule has 0 radical (unpaired) electrons. The predicted molar refractivity (Wildman–Crippen MR) is 107 cm³/mol. The number of hydrogen-bond acceptors (Lipinski definition) is 4. The Morgan fingerprint density at radius 3 is 2.58 bits per heavy atom. The van der Waals surface area contributed by atoms with Crippen molar-refractivity contribution in [3.63, 3.8) is 0 Å². The van der Waals surface area contributed by atoms with Gasteiger partial charge in [0, 0.05) is 16.2 Å². The van der Waals surface area contributed by atoms with Gasteiger partial charge in [0.25, 0.3) is 0 Å². The summed E-state index contributed by atoms with van der Waals surface area (Å²) < 4.78 is 31.8. The summed E-state index contributed by atoms with van der Waals surface area (Å²) in [6.07, 6.45) is 1.07. The Kier molecular flexibility index (Phi) is 6.66. The van der Waals surface area contributed by atoms with Gasteiger partial charge in [-0.15, -0.1) is 0 Å². The lowest BCUT2D eigenvalue weighted by Gasteiger charge is -2.22. The van der Waals surface area contributed by atoms with Crippen LogP contribution in [0.1, 0.15) is 12.5 Å². The maximum atomic E-state index is 12.4. The molecule has 0 saturated heterocycles. The fourth-order valence-corrected chi connectivity index (χ4v) is 3.44. The summed E-state index contributed by atoms with van der Waals surface area (Å²) in [4.78, 5) is 12.4. The molecular weight excluding hydrogens is 420 g/mol. The van der Waals surface area contributed by atoms with E-state index in [4.69, 9.17) is 4.74 Å². The molecule has 0 atom stereocenters. The number of sulfonamides is 1. The van der Waals surface area contributed by atoms with Crippen LogP contribution in [0.15, 0.2) is 46.9 Å². The lowest BCUT2D eigenvalue weighted by molar-refractivity contribution is -0.114. The minimum atomic E-state index is -3.64. The van der Waals surface area contributed by atoms with Crippen LogP contribution in [0.2, 0.25) is 0 Å². The molecule has 8 heteroatoms. The van der Waals surface area contributed by atoms with Crippen molar-refractivity contribution in [3.8, 4) is 5.75 Å². The molecule has 2 rings (SSSR count). The van der Waals surface area contributed by atoms with Gasteiger partial charge in [0.15, 0.2) is 0 Å². The Hall–Kier alpha value is -2.06. The molecule has 26 heavy (non-hydrogen) atoms. The van der Waals surface area contributed by atoms with Crippen molar-refractivity contribution in [2.45, 2.75) is 13.8 Å². The van der Waals surface area contributed by atoms with E-state index in [0.717, 1.165) is 20.6 Å². The highest BCUT2D eigenvalue weighted by Crippen LogP contribution is 2.24. The highest BCUT2D eigenvalue weighted by atomic mass is 79.9. The number of carbonyl (C=O) groups is 1. The third-order valence-electron chi connectivity index (χ3n) is 3.55. The van der Waals surface area contributed by atoms with E-state index in [0.29, 0.717) is 23.7 Å². The molecule has 140 valence electrons. The molecule has 1 N–H and O–H groups in total. The fourth-order valence-electron chi connectivity index (χ4n) is 2.35. The molecule has 0 aliphatic carbocycles. The SMILES string of the molecule is CCOc1cccc(N(CC(=O)Nc2ccc(Br)c(C)c2)S(C)(=O)=O)c1. The molecule has 1 amide bonds. The number of benzene rings is 2. The maximum Gasteiger partial charge on any atom is 0.245 e. The minimum Gasteiger partial charge on any atom is -0.494 e. The molecule has 2 aromatic carbocycles. The molecule has 0 fully saturated rings. The van der Waals surface area contributed by atoms with Crippen molar-refractivity contribution in [2.75, 3.05) is 29.0 Å². The monoisotopic (exact) mass is 440 g/mol. The second-order valence-corrected chi connectivity index (χ2v) is 8.47. The third-order valence-corrected chi connectivity index (χ3v) is 5.58. The Morgan fingerprint density at radius 1 is 1.23 bits per heavy atom. The van der Waals surface area contributed by atoms with Crippen LogP contribution in [0.5, 0.6) is 5.75 Å². The van der Waals surface area contributed by atoms with Crippen LogP contribution in [-0.2, 0) is 14.8 Å². The molecule has 0 aliphatic heterocycles. The second-order valence-electron chi connectivity index (χ2n) is 5.71. The number of amides is 1. The molecule has 0 spiro atoms. The van der Waals surface area contributed by atoms with Gasteiger partial charge < -0.3 is 10.1 Å². The first-order valence-corrected chi connectivity index (χ1v) is 10.6. The third kappa shape index (κ3) is 5.47. The van der Waals surface area contributed by atoms with Gasteiger partial charge in [-0.05, 0) is 49.7 Å². The van der Waals surface area contributed by atoms with Crippen LogP contribution in [0, 0.1) is 6.92 Å². The maximum absolute atomic E-state index is 12.4. The fraction of sp³-hybridized carbons (Fsp3) is 0.278. The number of anilines is 2. The number of nitrogens with one attached hydrogen (secondary N) is 1. The standard InChI is InChI=1S/C18H21BrN2O4S/c1-4-25-16-7-5-6-15(11-16)21(26(3,23)24)12-18(22)20-14-8-9-17(19)13(2)10-14/h5-11H,4,12H2,1-3H3,(H,20,22). The number of rotatable bonds is 7. The molecule has 6 nitrogen and oxygen atoms in total. The van der Waals surface area contributed by atoms with Crippen LogP contribution < -0.4 is 14.4 Å². The molecule has 0 aromatic heterocycles. The largest absolute Gasteiger partial charge is 0.494 e. The van der Waals surface area contributed by atoms with Crippen LogP contribution in [-0.4, -0.2) is 33.7 Å². The van der Waals surface area contributed by atoms with Crippen molar-refractivity contribution < 1.29 is 17.9 Å². The van der Waals surface area contributed by atoms with E-state index in [1.807, 2.05) is 26.0 Å². The Balaban J connectivity index is 2.21. The van der Waals surface area contributed by atoms with Gasteiger partial charge in [-0.2, -0.15) is 0 Å². The van der Waals surface area contributed by atoms with E-state index in [-0.39, 0.29) is 6.54 Å². The summed E-state index contributed by atoms with van der Waals surface area (Å²) in [7, 11) is -3.64. The highest BCUT2D eigenvalue weighted by Gasteiger charge is 2.21. The van der Waals surface area contributed by atoms with Crippen molar-refractivity contribution in [3.05, 3.63) is 52.5 Å². The molecule has 0 saturated carbocycles. The second kappa shape index (κ2) is 8.55. The van der Waals surface area contributed by atoms with Crippen LogP contribution in [0.25, 0.3) is 0 Å². The average Bonchev–Trinajstić information content (AvgIpc) is 2.55. The van der Waals surface area contributed by atoms with Gasteiger partial charge in [-0.1, -0.05) is 22.0 Å². The number of halogens is 1. The van der Waals surface area contributed by atoms with Crippen molar-refractivity contribution in [1.82, 2.24) is 0 Å². The van der Waals surface area contributed by atoms with E-state index < -0.39 is 15.9 Å². The Bertz CT molecular complexity index is 900. The normalized spacial score (nSPS) is 11.1. The van der Waals surface area contributed by atoms with Gasteiger partial charge in [-0.3, -0.25) is 9.10 Å². The predicted octanol–water partition coefficient (Wildman–Crippen LogP) is 3.56. The first-order chi connectivity index (χ1) is 12.2. The van der Waals surface area contributed by atoms with Crippen LogP contribution >= 0.6 is 15.9 Å². The lowest BCUT2D eigenvalue weighted by atomic mass is 10.2. The van der Waals surface area contributed by atoms with E-state index in [1.165, 1.54) is 0 Å². The Labute approximate surface area is 162 Å². The van der Waals surface area contributed by atoms with Crippen molar-refractivity contribution >= 4 is 43.2 Å². The first kappa shape index (κ1) is 20.3. The van der Waals surface area contributed by atoms with Crippen LogP contribution in [0.4, 0.5) is 11.4 Å². The molecule has 0 bridgehead atoms. The summed E-state index contributed by atoms with van der Waals surface area (Å²) in [5, 5.41) is 2.72. The number of ether oxygens (including phenoxy) is 1. The highest BCUT2D eigenvalue weighted by molar-refractivity contribution is 9.10. The summed E-state index contributed by atoms with van der Waals surface area (Å²) in [6.45, 7) is 3.88. The van der Waals surface area contributed by atoms with Gasteiger partial charge in [0.05, 0.1) is 18.6 Å². The number of aryl methyl sites for hydroxylation is 1. The molecule has 0 heterocycles. The summed E-state index contributed by atoms with van der Waals surface area (Å²) in [5.41, 5.74) is 1.94. The van der Waals surface area contributed by atoms with E-state index in [1.54, 1.807) is 30.3 Å². The average molecular weight is 441 g/mol. The zero-order valence-electron chi connectivity index (χ0n) is 14.8. The topological polar surface area (TPSA) is 75.7 Å².